The van der Waals surface area contributed by atoms with Crippen LogP contribution < -0.4 is 63.4 Å². The van der Waals surface area contributed by atoms with Gasteiger partial charge in [-0.15, -0.1) is 0 Å². The SMILES string of the molecule is CC1(C)OC[C@H]([C@@H](O)[C@H](O)[C@H]2COC(C)(C)O2)O1.CCOC(=O)/C=C/[C@H]1COC(C)(C)O1.CCOC(=O)CP(=O)(OCC)OCC.[Na+].[O-][I+3]([O-])([O-])[O-]. The first kappa shape index (κ1) is 54.2. The molecule has 52 heavy (non-hydrogen) atoms. The number of carbonyl (C=O) groups is 2. The van der Waals surface area contributed by atoms with Crippen LogP contribution in [-0.4, -0.2) is 122 Å². The van der Waals surface area contributed by atoms with Crippen molar-refractivity contribution in [3.05, 3.63) is 12.2 Å². The summed E-state index contributed by atoms with van der Waals surface area (Å²) in [5.74, 6) is -2.91. The molecule has 0 aromatic rings. The molecule has 0 aromatic carbocycles. The second kappa shape index (κ2) is 25.4. The first-order valence-corrected chi connectivity index (χ1v) is 21.4. The van der Waals surface area contributed by atoms with Crippen LogP contribution in [0.25, 0.3) is 0 Å². The average molecular weight is 901 g/mol. The van der Waals surface area contributed by atoms with E-state index in [0.717, 1.165) is 0 Å². The largest absolute Gasteiger partial charge is 1.00 e. The van der Waals surface area contributed by atoms with Crippen LogP contribution in [0.15, 0.2) is 12.2 Å². The summed E-state index contributed by atoms with van der Waals surface area (Å²) in [6, 6.07) is 0. The molecule has 0 saturated carbocycles. The van der Waals surface area contributed by atoms with Crippen LogP contribution in [0, 0.1) is 0 Å². The molecule has 0 spiro atoms. The van der Waals surface area contributed by atoms with E-state index in [1.54, 1.807) is 61.5 Å². The van der Waals surface area contributed by atoms with E-state index in [0.29, 0.717) is 13.2 Å². The van der Waals surface area contributed by atoms with Crippen molar-refractivity contribution >= 4 is 19.5 Å². The maximum Gasteiger partial charge on any atom is 1.00 e. The van der Waals surface area contributed by atoms with Crippen LogP contribution in [-0.2, 0) is 61.1 Å². The van der Waals surface area contributed by atoms with Crippen LogP contribution in [0.4, 0.5) is 0 Å². The zero-order valence-corrected chi connectivity index (χ0v) is 36.9. The van der Waals surface area contributed by atoms with Gasteiger partial charge in [-0.25, -0.2) is 4.79 Å². The van der Waals surface area contributed by atoms with Gasteiger partial charge in [-0.2, -0.15) is 0 Å². The van der Waals surface area contributed by atoms with Crippen LogP contribution in [0.1, 0.15) is 69.2 Å². The Morgan fingerprint density at radius 3 is 1.44 bits per heavy atom. The van der Waals surface area contributed by atoms with E-state index < -0.39 is 75.4 Å². The molecule has 3 saturated heterocycles. The normalized spacial score (nSPS) is 24.1. The van der Waals surface area contributed by atoms with Gasteiger partial charge < -0.3 is 57.2 Å². The quantitative estimate of drug-likeness (QED) is 0.0571. The fraction of sp³-hybridized carbons (Fsp3) is 0.867. The van der Waals surface area contributed by atoms with Gasteiger partial charge >= 0.3 is 49.1 Å². The van der Waals surface area contributed by atoms with E-state index in [1.165, 1.54) is 6.08 Å². The van der Waals surface area contributed by atoms with E-state index in [2.05, 4.69) is 4.74 Å². The van der Waals surface area contributed by atoms with Crippen LogP contribution >= 0.6 is 7.60 Å². The van der Waals surface area contributed by atoms with E-state index in [9.17, 15) is 24.4 Å². The van der Waals surface area contributed by atoms with Crippen molar-refractivity contribution in [2.45, 2.75) is 117 Å². The van der Waals surface area contributed by atoms with Gasteiger partial charge in [-0.05, 0) is 75.3 Å². The minimum atomic E-state index is -5.94. The Hall–Kier alpha value is 0.0800. The van der Waals surface area contributed by atoms with Crippen molar-refractivity contribution in [1.82, 2.24) is 0 Å². The maximum absolute atomic E-state index is 11.8. The van der Waals surface area contributed by atoms with Crippen molar-refractivity contribution in [3.63, 3.8) is 0 Å². The summed E-state index contributed by atoms with van der Waals surface area (Å²) < 4.78 is 98.0. The molecule has 3 rings (SSSR count). The Morgan fingerprint density at radius 1 is 0.750 bits per heavy atom. The number of aliphatic hydroxyl groups excluding tert-OH is 2. The number of hydrogen-bond acceptors (Lipinski definition) is 19. The standard InChI is InChI=1S/C12H22O6.C10H16O4.C8H17O5P.IO4.Na/c1-11(2)15-5-7(17-11)9(13)10(14)8-6-16-12(3,4)18-8;1-4-12-9(11)6-5-8-7-13-10(2,3)14-8;1-4-11-8(9)7-14(10,12-5-2)13-6-3;2-1(3,4)5;/h7-10,13-14H,5-6H2,1-4H3;5-6,8H,4,7H2,1-3H3;4-7H2,1-3H3;;/q;;;-1;+1/b;6-5+;;;/t7-,8-,9-,10-;8-;;;/m10.../s1. The zero-order chi connectivity index (χ0) is 39.7. The minimum Gasteiger partial charge on any atom is -0.466 e. The van der Waals surface area contributed by atoms with Gasteiger partial charge in [0.2, 0.25) is 0 Å². The van der Waals surface area contributed by atoms with E-state index >= 15 is 0 Å². The van der Waals surface area contributed by atoms with Gasteiger partial charge in [0, 0.05) is 6.08 Å². The molecule has 3 heterocycles. The smallest absolute Gasteiger partial charge is 0.466 e. The molecule has 19 nitrogen and oxygen atoms in total. The molecule has 0 unspecified atom stereocenters. The summed E-state index contributed by atoms with van der Waals surface area (Å²) in [5.41, 5.74) is 0. The number of halogens is 1. The van der Waals surface area contributed by atoms with E-state index in [-0.39, 0.29) is 80.8 Å². The Balaban J connectivity index is 0. The number of aliphatic hydroxyl groups is 2. The monoisotopic (exact) mass is 900 g/mol. The predicted octanol–water partition coefficient (Wildman–Crippen LogP) is -7.66. The number of carbonyl (C=O) groups excluding carboxylic acids is 2. The van der Waals surface area contributed by atoms with Crippen molar-refractivity contribution in [2.24, 2.45) is 0 Å². The van der Waals surface area contributed by atoms with Gasteiger partial charge in [-0.1, -0.05) is 0 Å². The molecular formula is C30H55INaO19P. The van der Waals surface area contributed by atoms with Gasteiger partial charge in [0.05, 0.1) is 46.2 Å². The Labute approximate surface area is 334 Å². The molecule has 0 aliphatic carbocycles. The topological polar surface area (TPSA) is 276 Å². The fourth-order valence-corrected chi connectivity index (χ4v) is 5.73. The van der Waals surface area contributed by atoms with Crippen LogP contribution in [0.5, 0.6) is 0 Å². The Bertz CT molecular complexity index is 1060. The molecule has 22 heteroatoms. The second-order valence-electron chi connectivity index (χ2n) is 12.0. The molecule has 0 radical (unpaired) electrons. The summed E-state index contributed by atoms with van der Waals surface area (Å²) >= 11 is -5.94. The van der Waals surface area contributed by atoms with Gasteiger partial charge in [0.15, 0.2) is 17.4 Å². The number of ether oxygens (including phenoxy) is 8. The molecule has 0 amide bonds. The summed E-state index contributed by atoms with van der Waals surface area (Å²) in [4.78, 5) is 22.0. The summed E-state index contributed by atoms with van der Waals surface area (Å²) in [5, 5.41) is 20.2. The zero-order valence-electron chi connectivity index (χ0n) is 31.9. The Kier molecular flexibility index (Phi) is 26.4. The van der Waals surface area contributed by atoms with Gasteiger partial charge in [-0.3, -0.25) is 23.1 Å². The van der Waals surface area contributed by atoms with Crippen molar-refractivity contribution in [3.8, 4) is 0 Å². The molecular weight excluding hydrogens is 845 g/mol. The summed E-state index contributed by atoms with van der Waals surface area (Å²) in [7, 11) is -3.28. The third kappa shape index (κ3) is 25.3. The molecule has 3 fully saturated rings. The average Bonchev–Trinajstić information content (AvgIpc) is 3.65. The number of esters is 2. The first-order valence-electron chi connectivity index (χ1n) is 16.1. The fourth-order valence-electron chi connectivity index (χ4n) is 4.28. The molecule has 3 aliphatic heterocycles. The number of rotatable bonds is 13. The number of hydrogen-bond donors (Lipinski definition) is 2. The molecule has 3 aliphatic rings. The third-order valence-electron chi connectivity index (χ3n) is 6.22. The van der Waals surface area contributed by atoms with Crippen molar-refractivity contribution < 1.29 is 135 Å². The summed E-state index contributed by atoms with van der Waals surface area (Å²) in [6.45, 7) is 19.7. The van der Waals surface area contributed by atoms with Crippen LogP contribution in [0.2, 0.25) is 0 Å². The van der Waals surface area contributed by atoms with Gasteiger partial charge in [0.25, 0.3) is 0 Å². The first-order chi connectivity index (χ1) is 23.3. The predicted molar refractivity (Wildman–Crippen MR) is 165 cm³/mol. The minimum absolute atomic E-state index is 0. The molecule has 0 aromatic heterocycles. The molecule has 0 bridgehead atoms. The Morgan fingerprint density at radius 2 is 1.13 bits per heavy atom. The molecule has 2 N–H and O–H groups in total. The van der Waals surface area contributed by atoms with E-state index in [4.69, 9.17) is 55.9 Å². The van der Waals surface area contributed by atoms with Gasteiger partial charge in [0.1, 0.15) is 56.8 Å². The van der Waals surface area contributed by atoms with Crippen LogP contribution in [0.3, 0.4) is 0 Å². The van der Waals surface area contributed by atoms with Crippen molar-refractivity contribution in [1.29, 1.82) is 0 Å². The molecule has 302 valence electrons. The molecule has 5 atom stereocenters. The summed E-state index contributed by atoms with van der Waals surface area (Å²) in [6.07, 6.45) is -0.670. The van der Waals surface area contributed by atoms with E-state index in [1.807, 2.05) is 13.8 Å². The maximum atomic E-state index is 11.8. The third-order valence-corrected chi connectivity index (χ3v) is 8.16. The second-order valence-corrected chi connectivity index (χ2v) is 16.2. The van der Waals surface area contributed by atoms with Crippen molar-refractivity contribution in [2.75, 3.05) is 52.4 Å².